The lowest BCUT2D eigenvalue weighted by Gasteiger charge is -2.40. The third kappa shape index (κ3) is 5.55. The van der Waals surface area contributed by atoms with Crippen molar-refractivity contribution in [2.24, 2.45) is 5.11 Å². The SMILES string of the molecule is CC(C)(C)OC(=O)NC[C@]1(c2cccc(Cl)c2)CC[C@H](N=[N+]=[N-])CC1. The van der Waals surface area contributed by atoms with E-state index in [0.717, 1.165) is 31.2 Å². The van der Waals surface area contributed by atoms with Crippen molar-refractivity contribution in [3.05, 3.63) is 45.3 Å². The van der Waals surface area contributed by atoms with Gasteiger partial charge in [0.1, 0.15) is 5.60 Å². The minimum Gasteiger partial charge on any atom is -0.444 e. The first-order valence-electron chi connectivity index (χ1n) is 8.51. The van der Waals surface area contributed by atoms with Gasteiger partial charge in [0, 0.05) is 27.9 Å². The summed E-state index contributed by atoms with van der Waals surface area (Å²) in [4.78, 5) is 15.0. The van der Waals surface area contributed by atoms with Gasteiger partial charge in [0.15, 0.2) is 0 Å². The molecule has 0 saturated heterocycles. The average Bonchev–Trinajstić information content (AvgIpc) is 2.53. The Morgan fingerprint density at radius 1 is 1.44 bits per heavy atom. The summed E-state index contributed by atoms with van der Waals surface area (Å²) in [5.74, 6) is 0. The minimum absolute atomic E-state index is 0.0128. The molecule has 1 amide bonds. The van der Waals surface area contributed by atoms with Gasteiger partial charge in [0.2, 0.25) is 0 Å². The molecule has 1 saturated carbocycles. The number of rotatable bonds is 4. The van der Waals surface area contributed by atoms with E-state index < -0.39 is 11.7 Å². The number of carbonyl (C=O) groups is 1. The molecule has 0 atom stereocenters. The summed E-state index contributed by atoms with van der Waals surface area (Å²) in [6.45, 7) is 5.98. The summed E-state index contributed by atoms with van der Waals surface area (Å²) in [5.41, 5.74) is 8.98. The Morgan fingerprint density at radius 2 is 2.12 bits per heavy atom. The van der Waals surface area contributed by atoms with Crippen molar-refractivity contribution in [2.75, 3.05) is 6.54 Å². The molecule has 6 nitrogen and oxygen atoms in total. The molecule has 1 aromatic rings. The normalized spacial score (nSPS) is 23.4. The van der Waals surface area contributed by atoms with Crippen molar-refractivity contribution in [2.45, 2.75) is 63.5 Å². The van der Waals surface area contributed by atoms with Crippen LogP contribution in [-0.4, -0.2) is 24.3 Å². The van der Waals surface area contributed by atoms with Crippen LogP contribution in [-0.2, 0) is 10.2 Å². The Hall–Kier alpha value is -1.91. The zero-order valence-electron chi connectivity index (χ0n) is 15.0. The average molecular weight is 365 g/mol. The number of alkyl carbamates (subject to hydrolysis) is 1. The highest BCUT2D eigenvalue weighted by Crippen LogP contribution is 2.40. The lowest BCUT2D eigenvalue weighted by Crippen LogP contribution is -2.45. The van der Waals surface area contributed by atoms with E-state index in [0.29, 0.717) is 11.6 Å². The van der Waals surface area contributed by atoms with E-state index in [1.165, 1.54) is 0 Å². The Bertz CT molecular complexity index is 657. The lowest BCUT2D eigenvalue weighted by atomic mass is 9.68. The maximum absolute atomic E-state index is 12.1. The first-order valence-corrected chi connectivity index (χ1v) is 8.89. The lowest BCUT2D eigenvalue weighted by molar-refractivity contribution is 0.0507. The number of nitrogens with one attached hydrogen (secondary N) is 1. The van der Waals surface area contributed by atoms with Crippen molar-refractivity contribution < 1.29 is 9.53 Å². The second kappa shape index (κ2) is 7.98. The molecule has 7 heteroatoms. The maximum atomic E-state index is 12.1. The van der Waals surface area contributed by atoms with Crippen molar-refractivity contribution >= 4 is 17.7 Å². The van der Waals surface area contributed by atoms with Crippen LogP contribution in [0.4, 0.5) is 4.79 Å². The summed E-state index contributed by atoms with van der Waals surface area (Å²) in [6.07, 6.45) is 2.77. The number of amides is 1. The quantitative estimate of drug-likeness (QED) is 0.443. The molecule has 136 valence electrons. The Morgan fingerprint density at radius 3 is 2.68 bits per heavy atom. The van der Waals surface area contributed by atoms with Gasteiger partial charge in [-0.1, -0.05) is 28.8 Å². The van der Waals surface area contributed by atoms with Gasteiger partial charge in [-0.15, -0.1) is 0 Å². The zero-order chi connectivity index (χ0) is 18.5. The monoisotopic (exact) mass is 364 g/mol. The summed E-state index contributed by atoms with van der Waals surface area (Å²) >= 11 is 6.18. The molecule has 0 aromatic heterocycles. The fraction of sp³-hybridized carbons (Fsp3) is 0.611. The molecule has 1 aliphatic carbocycles. The van der Waals surface area contributed by atoms with Crippen LogP contribution in [0.5, 0.6) is 0 Å². The molecular weight excluding hydrogens is 340 g/mol. The zero-order valence-corrected chi connectivity index (χ0v) is 15.7. The molecule has 0 heterocycles. The van der Waals surface area contributed by atoms with Crippen LogP contribution < -0.4 is 5.32 Å². The summed E-state index contributed by atoms with van der Waals surface area (Å²) < 4.78 is 5.35. The Kier molecular flexibility index (Phi) is 6.20. The van der Waals surface area contributed by atoms with Crippen LogP contribution >= 0.6 is 11.6 Å². The van der Waals surface area contributed by atoms with Gasteiger partial charge in [-0.2, -0.15) is 0 Å². The predicted octanol–water partition coefficient (Wildman–Crippen LogP) is 5.36. The number of halogens is 1. The van der Waals surface area contributed by atoms with Gasteiger partial charge < -0.3 is 10.1 Å². The fourth-order valence-electron chi connectivity index (χ4n) is 3.29. The summed E-state index contributed by atoms with van der Waals surface area (Å²) in [5, 5.41) is 7.43. The minimum atomic E-state index is -0.535. The highest BCUT2D eigenvalue weighted by Gasteiger charge is 2.37. The number of hydrogen-bond donors (Lipinski definition) is 1. The third-order valence-corrected chi connectivity index (χ3v) is 4.77. The van der Waals surface area contributed by atoms with E-state index in [2.05, 4.69) is 15.3 Å². The fourth-order valence-corrected chi connectivity index (χ4v) is 3.48. The molecule has 1 fully saturated rings. The Labute approximate surface area is 153 Å². The molecule has 0 unspecified atom stereocenters. The van der Waals surface area contributed by atoms with Crippen LogP contribution in [0.3, 0.4) is 0 Å². The van der Waals surface area contributed by atoms with E-state index in [1.54, 1.807) is 0 Å². The number of nitrogens with zero attached hydrogens (tertiary/aromatic N) is 3. The first-order chi connectivity index (χ1) is 11.7. The number of benzene rings is 1. The van der Waals surface area contributed by atoms with Crippen molar-refractivity contribution in [3.63, 3.8) is 0 Å². The molecule has 2 rings (SSSR count). The van der Waals surface area contributed by atoms with Crippen LogP contribution in [0.2, 0.25) is 5.02 Å². The second-order valence-electron chi connectivity index (χ2n) is 7.58. The van der Waals surface area contributed by atoms with Crippen LogP contribution in [0, 0.1) is 0 Å². The van der Waals surface area contributed by atoms with Crippen LogP contribution in [0.25, 0.3) is 10.4 Å². The maximum Gasteiger partial charge on any atom is 0.407 e. The highest BCUT2D eigenvalue weighted by atomic mass is 35.5. The van der Waals surface area contributed by atoms with E-state index in [-0.39, 0.29) is 11.5 Å². The number of carbonyl (C=O) groups excluding carboxylic acids is 1. The van der Waals surface area contributed by atoms with Gasteiger partial charge in [0.25, 0.3) is 0 Å². The van der Waals surface area contributed by atoms with E-state index >= 15 is 0 Å². The van der Waals surface area contributed by atoms with Crippen LogP contribution in [0.1, 0.15) is 52.0 Å². The first kappa shape index (κ1) is 19.4. The van der Waals surface area contributed by atoms with E-state index in [4.69, 9.17) is 21.9 Å². The van der Waals surface area contributed by atoms with E-state index in [9.17, 15) is 4.79 Å². The van der Waals surface area contributed by atoms with Crippen molar-refractivity contribution in [1.82, 2.24) is 5.32 Å². The van der Waals surface area contributed by atoms with Gasteiger partial charge in [-0.3, -0.25) is 0 Å². The number of azide groups is 1. The molecule has 0 spiro atoms. The Balaban J connectivity index is 2.16. The van der Waals surface area contributed by atoms with E-state index in [1.807, 2.05) is 45.0 Å². The van der Waals surface area contributed by atoms with Gasteiger partial charge >= 0.3 is 6.09 Å². The largest absolute Gasteiger partial charge is 0.444 e. The standard InChI is InChI=1S/C18H25ClN4O2/c1-17(2,3)25-16(24)21-12-18(13-5-4-6-14(19)11-13)9-7-15(8-10-18)22-23-20/h4-6,11,15H,7-10,12H2,1-3H3,(H,21,24)/t15-,18-. The third-order valence-electron chi connectivity index (χ3n) is 4.53. The predicted molar refractivity (Wildman–Crippen MR) is 98.8 cm³/mol. The smallest absolute Gasteiger partial charge is 0.407 e. The summed E-state index contributed by atoms with van der Waals surface area (Å²) in [7, 11) is 0. The molecule has 1 N–H and O–H groups in total. The molecule has 1 aliphatic rings. The second-order valence-corrected chi connectivity index (χ2v) is 8.02. The number of ether oxygens (including phenoxy) is 1. The van der Waals surface area contributed by atoms with Gasteiger partial charge in [0.05, 0.1) is 0 Å². The van der Waals surface area contributed by atoms with Crippen molar-refractivity contribution in [1.29, 1.82) is 0 Å². The number of hydrogen-bond acceptors (Lipinski definition) is 3. The molecule has 1 aromatic carbocycles. The van der Waals surface area contributed by atoms with Crippen LogP contribution in [0.15, 0.2) is 29.4 Å². The molecular formula is C18H25ClN4O2. The van der Waals surface area contributed by atoms with Crippen molar-refractivity contribution in [3.8, 4) is 0 Å². The van der Waals surface area contributed by atoms with Gasteiger partial charge in [-0.05, 0) is 69.7 Å². The molecule has 0 bridgehead atoms. The highest BCUT2D eigenvalue weighted by molar-refractivity contribution is 6.30. The summed E-state index contributed by atoms with van der Waals surface area (Å²) in [6, 6.07) is 7.76. The molecule has 0 radical (unpaired) electrons. The topological polar surface area (TPSA) is 87.1 Å². The molecule has 0 aliphatic heterocycles. The van der Waals surface area contributed by atoms with Gasteiger partial charge in [-0.25, -0.2) is 4.79 Å². The molecule has 25 heavy (non-hydrogen) atoms.